The molecule has 0 aromatic heterocycles. The second-order valence-corrected chi connectivity index (χ2v) is 3.29. The summed E-state index contributed by atoms with van der Waals surface area (Å²) < 4.78 is 4.81. The van der Waals surface area contributed by atoms with E-state index in [-0.39, 0.29) is 16.3 Å². The van der Waals surface area contributed by atoms with Crippen LogP contribution >= 0.6 is 23.2 Å². The van der Waals surface area contributed by atoms with E-state index < -0.39 is 15.9 Å². The van der Waals surface area contributed by atoms with Crippen molar-refractivity contribution in [1.82, 2.24) is 0 Å². The van der Waals surface area contributed by atoms with Crippen molar-refractivity contribution in [2.24, 2.45) is 0 Å². The molecule has 80 valence electrons. The van der Waals surface area contributed by atoms with E-state index in [0.29, 0.717) is 0 Å². The van der Waals surface area contributed by atoms with Gasteiger partial charge in [0.25, 0.3) is 10.9 Å². The van der Waals surface area contributed by atoms with Crippen molar-refractivity contribution in [1.29, 1.82) is 0 Å². The third-order valence-electron chi connectivity index (χ3n) is 1.68. The van der Waals surface area contributed by atoms with E-state index in [4.69, 9.17) is 27.9 Å². The topological polar surface area (TPSA) is 69.4 Å². The second-order valence-electron chi connectivity index (χ2n) is 2.53. The van der Waals surface area contributed by atoms with Crippen LogP contribution in [0.4, 0.5) is 5.69 Å². The maximum absolute atomic E-state index is 10.9. The summed E-state index contributed by atoms with van der Waals surface area (Å²) in [6, 6.07) is 2.16. The molecule has 0 aliphatic heterocycles. The van der Waals surface area contributed by atoms with Crippen molar-refractivity contribution < 1.29 is 14.5 Å². The van der Waals surface area contributed by atoms with Crippen LogP contribution in [-0.2, 0) is 0 Å². The number of nitro benzene ring substituents is 1. The Kier molecular flexibility index (Phi) is 3.49. The van der Waals surface area contributed by atoms with Gasteiger partial charge < -0.3 is 4.74 Å². The van der Waals surface area contributed by atoms with Crippen LogP contribution < -0.4 is 4.74 Å². The Labute approximate surface area is 94.7 Å². The zero-order valence-electron chi connectivity index (χ0n) is 7.49. The first-order chi connectivity index (χ1) is 6.97. The number of carbonyl (C=O) groups is 1. The summed E-state index contributed by atoms with van der Waals surface area (Å²) in [5.41, 5.74) is -0.691. The molecule has 0 saturated carbocycles. The molecule has 0 saturated heterocycles. The van der Waals surface area contributed by atoms with Crippen LogP contribution in [0.1, 0.15) is 10.4 Å². The van der Waals surface area contributed by atoms with Gasteiger partial charge in [0, 0.05) is 12.1 Å². The minimum atomic E-state index is -0.934. The lowest BCUT2D eigenvalue weighted by Gasteiger charge is -2.04. The second kappa shape index (κ2) is 4.46. The smallest absolute Gasteiger partial charge is 0.283 e. The molecule has 0 atom stereocenters. The largest absolute Gasteiger partial charge is 0.495 e. The molecule has 0 bridgehead atoms. The SMILES string of the molecule is COc1cc(C(=O)Cl)c([N+](=O)[O-])cc1Cl. The van der Waals surface area contributed by atoms with Crippen LogP contribution in [0.5, 0.6) is 5.75 Å². The van der Waals surface area contributed by atoms with Crippen molar-refractivity contribution in [3.63, 3.8) is 0 Å². The summed E-state index contributed by atoms with van der Waals surface area (Å²) in [7, 11) is 1.33. The van der Waals surface area contributed by atoms with E-state index in [1.165, 1.54) is 7.11 Å². The van der Waals surface area contributed by atoms with E-state index >= 15 is 0 Å². The van der Waals surface area contributed by atoms with Gasteiger partial charge in [0.05, 0.1) is 17.1 Å². The molecule has 1 rings (SSSR count). The highest BCUT2D eigenvalue weighted by Crippen LogP contribution is 2.32. The van der Waals surface area contributed by atoms with E-state index in [2.05, 4.69) is 0 Å². The summed E-state index contributed by atoms with van der Waals surface area (Å²) in [6.45, 7) is 0. The molecule has 1 aromatic rings. The zero-order valence-corrected chi connectivity index (χ0v) is 9.00. The first-order valence-electron chi connectivity index (χ1n) is 3.69. The van der Waals surface area contributed by atoms with Crippen molar-refractivity contribution in [2.45, 2.75) is 0 Å². The first-order valence-corrected chi connectivity index (χ1v) is 4.44. The highest BCUT2D eigenvalue weighted by atomic mass is 35.5. The van der Waals surface area contributed by atoms with Crippen molar-refractivity contribution in [3.8, 4) is 5.75 Å². The van der Waals surface area contributed by atoms with E-state index in [1.807, 2.05) is 0 Å². The third-order valence-corrected chi connectivity index (χ3v) is 2.18. The molecule has 0 aliphatic rings. The Bertz CT molecular complexity index is 433. The number of halogens is 2. The lowest BCUT2D eigenvalue weighted by atomic mass is 10.2. The summed E-state index contributed by atoms with van der Waals surface area (Å²) in [5.74, 6) is 0.159. The van der Waals surface area contributed by atoms with Gasteiger partial charge in [-0.2, -0.15) is 0 Å². The van der Waals surface area contributed by atoms with Gasteiger partial charge in [-0.1, -0.05) is 11.6 Å². The number of rotatable bonds is 3. The molecule has 0 heterocycles. The van der Waals surface area contributed by atoms with Crippen molar-refractivity contribution in [2.75, 3.05) is 7.11 Å². The van der Waals surface area contributed by atoms with Crippen LogP contribution in [0, 0.1) is 10.1 Å². The van der Waals surface area contributed by atoms with Crippen LogP contribution in [0.25, 0.3) is 0 Å². The molecular formula is C8H5Cl2NO4. The average Bonchev–Trinajstić information content (AvgIpc) is 2.16. The van der Waals surface area contributed by atoms with Crippen LogP contribution in [0.15, 0.2) is 12.1 Å². The Hall–Kier alpha value is -1.33. The highest BCUT2D eigenvalue weighted by Gasteiger charge is 2.21. The Morgan fingerprint density at radius 1 is 1.53 bits per heavy atom. The number of nitro groups is 1. The van der Waals surface area contributed by atoms with Gasteiger partial charge in [-0.05, 0) is 11.6 Å². The van der Waals surface area contributed by atoms with Crippen LogP contribution in [0.3, 0.4) is 0 Å². The molecule has 0 fully saturated rings. The Morgan fingerprint density at radius 3 is 2.53 bits per heavy atom. The number of benzene rings is 1. The maximum atomic E-state index is 10.9. The fourth-order valence-electron chi connectivity index (χ4n) is 1.01. The molecule has 1 aromatic carbocycles. The van der Waals surface area contributed by atoms with E-state index in [0.717, 1.165) is 12.1 Å². The van der Waals surface area contributed by atoms with Crippen LogP contribution in [0.2, 0.25) is 5.02 Å². The number of hydrogen-bond acceptors (Lipinski definition) is 4. The van der Waals surface area contributed by atoms with Gasteiger partial charge in [0.2, 0.25) is 0 Å². The Balaban J connectivity index is 3.45. The molecular weight excluding hydrogens is 245 g/mol. The molecule has 15 heavy (non-hydrogen) atoms. The Morgan fingerprint density at radius 2 is 2.13 bits per heavy atom. The number of ether oxygens (including phenoxy) is 1. The van der Waals surface area contributed by atoms with Gasteiger partial charge in [0.1, 0.15) is 11.3 Å². The fraction of sp³-hybridized carbons (Fsp3) is 0.125. The normalized spacial score (nSPS) is 9.80. The maximum Gasteiger partial charge on any atom is 0.283 e. The fourth-order valence-corrected chi connectivity index (χ4v) is 1.39. The third kappa shape index (κ3) is 2.37. The van der Waals surface area contributed by atoms with Crippen molar-refractivity contribution >= 4 is 34.1 Å². The molecule has 0 amide bonds. The summed E-state index contributed by atoms with van der Waals surface area (Å²) in [6.07, 6.45) is 0. The lowest BCUT2D eigenvalue weighted by molar-refractivity contribution is -0.385. The van der Waals surface area contributed by atoms with Gasteiger partial charge in [-0.15, -0.1) is 0 Å². The minimum absolute atomic E-state index is 0.0471. The van der Waals surface area contributed by atoms with E-state index in [9.17, 15) is 14.9 Å². The molecule has 7 heteroatoms. The van der Waals surface area contributed by atoms with Gasteiger partial charge >= 0.3 is 0 Å². The van der Waals surface area contributed by atoms with Crippen molar-refractivity contribution in [3.05, 3.63) is 32.8 Å². The van der Waals surface area contributed by atoms with E-state index in [1.54, 1.807) is 0 Å². The lowest BCUT2D eigenvalue weighted by Crippen LogP contribution is -1.99. The predicted molar refractivity (Wildman–Crippen MR) is 54.8 cm³/mol. The number of methoxy groups -OCH3 is 1. The molecule has 5 nitrogen and oxygen atoms in total. The van der Waals surface area contributed by atoms with Gasteiger partial charge in [-0.3, -0.25) is 14.9 Å². The minimum Gasteiger partial charge on any atom is -0.495 e. The van der Waals surface area contributed by atoms with Gasteiger partial charge in [-0.25, -0.2) is 0 Å². The molecule has 0 spiro atoms. The monoisotopic (exact) mass is 249 g/mol. The summed E-state index contributed by atoms with van der Waals surface area (Å²) in [5, 5.41) is 9.69. The molecule has 0 radical (unpaired) electrons. The molecule has 0 N–H and O–H groups in total. The summed E-state index contributed by atoms with van der Waals surface area (Å²) >= 11 is 10.9. The highest BCUT2D eigenvalue weighted by molar-refractivity contribution is 6.68. The molecule has 0 unspecified atom stereocenters. The number of nitrogens with zero attached hydrogens (tertiary/aromatic N) is 1. The summed E-state index contributed by atoms with van der Waals surface area (Å²) in [4.78, 5) is 20.8. The number of hydrogen-bond donors (Lipinski definition) is 0. The first kappa shape index (κ1) is 11.7. The standard InChI is InChI=1S/C8H5Cl2NO4/c1-15-7-2-4(8(10)12)6(11(13)14)3-5(7)9/h2-3H,1H3. The quantitative estimate of drug-likeness (QED) is 0.469. The number of carbonyl (C=O) groups excluding carboxylic acids is 1. The molecule has 0 aliphatic carbocycles. The van der Waals surface area contributed by atoms with Gasteiger partial charge in [0.15, 0.2) is 0 Å². The zero-order chi connectivity index (χ0) is 11.6. The van der Waals surface area contributed by atoms with Crippen LogP contribution in [-0.4, -0.2) is 17.3 Å². The predicted octanol–water partition coefficient (Wildman–Crippen LogP) is 2.64. The average molecular weight is 250 g/mol.